The number of halogens is 2. The number of ether oxygens (including phenoxy) is 2. The summed E-state index contributed by atoms with van der Waals surface area (Å²) >= 11 is 11.8. The maximum absolute atomic E-state index is 12.1. The quantitative estimate of drug-likeness (QED) is 0.759. The van der Waals surface area contributed by atoms with Crippen LogP contribution in [0.25, 0.3) is 0 Å². The maximum atomic E-state index is 12.1. The first-order valence-electron chi connectivity index (χ1n) is 7.50. The number of rotatable bonds is 6. The summed E-state index contributed by atoms with van der Waals surface area (Å²) in [6, 6.07) is 12.0. The number of para-hydroxylation sites is 1. The first kappa shape index (κ1) is 19.1. The van der Waals surface area contributed by atoms with Gasteiger partial charge in [-0.25, -0.2) is 4.79 Å². The first-order valence-corrected chi connectivity index (χ1v) is 8.26. The van der Waals surface area contributed by atoms with Crippen LogP contribution in [-0.2, 0) is 14.3 Å². The molecule has 0 saturated carbocycles. The third-order valence-electron chi connectivity index (χ3n) is 3.30. The molecule has 2 aromatic rings. The Hall–Kier alpha value is -2.24. The molecule has 132 valence electrons. The lowest BCUT2D eigenvalue weighted by Crippen LogP contribution is -2.31. The van der Waals surface area contributed by atoms with Crippen LogP contribution in [0.3, 0.4) is 0 Å². The summed E-state index contributed by atoms with van der Waals surface area (Å²) in [5, 5.41) is 3.33. The fourth-order valence-electron chi connectivity index (χ4n) is 1.97. The van der Waals surface area contributed by atoms with Crippen molar-refractivity contribution < 1.29 is 19.1 Å². The zero-order valence-electron chi connectivity index (χ0n) is 13.7. The Morgan fingerprint density at radius 2 is 1.88 bits per heavy atom. The molecule has 0 bridgehead atoms. The van der Waals surface area contributed by atoms with Crippen molar-refractivity contribution >= 4 is 40.8 Å². The summed E-state index contributed by atoms with van der Waals surface area (Å²) in [7, 11) is 0. The van der Waals surface area contributed by atoms with Crippen molar-refractivity contribution in [2.75, 3.05) is 11.9 Å². The van der Waals surface area contributed by atoms with Crippen molar-refractivity contribution in [1.29, 1.82) is 0 Å². The van der Waals surface area contributed by atoms with Crippen LogP contribution in [0.2, 0.25) is 10.0 Å². The van der Waals surface area contributed by atoms with E-state index in [0.29, 0.717) is 21.5 Å². The molecule has 1 amide bonds. The number of aryl methyl sites for hydroxylation is 1. The Bertz CT molecular complexity index is 779. The van der Waals surface area contributed by atoms with Gasteiger partial charge in [0.2, 0.25) is 0 Å². The molecule has 0 aliphatic carbocycles. The normalized spacial score (nSPS) is 11.5. The van der Waals surface area contributed by atoms with E-state index in [4.69, 9.17) is 32.7 Å². The van der Waals surface area contributed by atoms with Gasteiger partial charge < -0.3 is 14.8 Å². The standard InChI is InChI=1S/C18H17Cl2NO4/c1-11-5-3-4-6-16(11)24-10-17(22)25-12(2)18(23)21-15-9-13(19)7-8-14(15)20/h3-9,12H,10H2,1-2H3,(H,21,23)/t12-/m0/s1. The van der Waals surface area contributed by atoms with Crippen LogP contribution in [0.4, 0.5) is 5.69 Å². The molecule has 5 nitrogen and oxygen atoms in total. The molecule has 0 aromatic heterocycles. The fourth-order valence-corrected chi connectivity index (χ4v) is 2.30. The van der Waals surface area contributed by atoms with Gasteiger partial charge in [-0.2, -0.15) is 0 Å². The molecule has 2 rings (SSSR count). The lowest BCUT2D eigenvalue weighted by Gasteiger charge is -2.15. The van der Waals surface area contributed by atoms with Crippen LogP contribution in [0.5, 0.6) is 5.75 Å². The van der Waals surface area contributed by atoms with Gasteiger partial charge in [0.1, 0.15) is 5.75 Å². The molecule has 25 heavy (non-hydrogen) atoms. The van der Waals surface area contributed by atoms with Crippen LogP contribution in [0.1, 0.15) is 12.5 Å². The van der Waals surface area contributed by atoms with Gasteiger partial charge in [-0.15, -0.1) is 0 Å². The molecule has 0 saturated heterocycles. The Balaban J connectivity index is 1.87. The number of hydrogen-bond donors (Lipinski definition) is 1. The van der Waals surface area contributed by atoms with Crippen LogP contribution in [0, 0.1) is 6.92 Å². The molecule has 7 heteroatoms. The molecule has 0 radical (unpaired) electrons. The number of anilines is 1. The highest BCUT2D eigenvalue weighted by atomic mass is 35.5. The van der Waals surface area contributed by atoms with E-state index in [1.165, 1.54) is 13.0 Å². The van der Waals surface area contributed by atoms with Gasteiger partial charge in [-0.1, -0.05) is 41.4 Å². The van der Waals surface area contributed by atoms with E-state index in [1.54, 1.807) is 24.3 Å². The molecule has 0 fully saturated rings. The van der Waals surface area contributed by atoms with Crippen molar-refractivity contribution in [2.24, 2.45) is 0 Å². The fraction of sp³-hybridized carbons (Fsp3) is 0.222. The van der Waals surface area contributed by atoms with Crippen LogP contribution >= 0.6 is 23.2 Å². The second-order valence-corrected chi connectivity index (χ2v) is 6.14. The van der Waals surface area contributed by atoms with Gasteiger partial charge in [-0.3, -0.25) is 4.79 Å². The average molecular weight is 382 g/mol. The van der Waals surface area contributed by atoms with Gasteiger partial charge in [0.25, 0.3) is 5.91 Å². The lowest BCUT2D eigenvalue weighted by atomic mass is 10.2. The zero-order chi connectivity index (χ0) is 18.4. The van der Waals surface area contributed by atoms with E-state index in [-0.39, 0.29) is 6.61 Å². The second-order valence-electron chi connectivity index (χ2n) is 5.30. The number of hydrogen-bond acceptors (Lipinski definition) is 4. The SMILES string of the molecule is Cc1ccccc1OCC(=O)O[C@@H](C)C(=O)Nc1cc(Cl)ccc1Cl. The van der Waals surface area contributed by atoms with E-state index in [0.717, 1.165) is 5.56 Å². The summed E-state index contributed by atoms with van der Waals surface area (Å²) in [6.07, 6.45) is -1.01. The molecule has 1 atom stereocenters. The summed E-state index contributed by atoms with van der Waals surface area (Å²) in [6.45, 7) is 3.03. The molecule has 0 unspecified atom stereocenters. The average Bonchev–Trinajstić information content (AvgIpc) is 2.57. The Morgan fingerprint density at radius 3 is 2.60 bits per heavy atom. The predicted octanol–water partition coefficient (Wildman–Crippen LogP) is 4.25. The molecular weight excluding hydrogens is 365 g/mol. The molecule has 0 aliphatic rings. The smallest absolute Gasteiger partial charge is 0.344 e. The van der Waals surface area contributed by atoms with E-state index in [2.05, 4.69) is 5.32 Å². The Labute approximate surface area is 155 Å². The van der Waals surface area contributed by atoms with E-state index >= 15 is 0 Å². The van der Waals surface area contributed by atoms with Crippen molar-refractivity contribution in [3.63, 3.8) is 0 Å². The van der Waals surface area contributed by atoms with Gasteiger partial charge in [0, 0.05) is 5.02 Å². The minimum atomic E-state index is -1.01. The largest absolute Gasteiger partial charge is 0.482 e. The van der Waals surface area contributed by atoms with Crippen molar-refractivity contribution in [3.05, 3.63) is 58.1 Å². The molecule has 2 aromatic carbocycles. The van der Waals surface area contributed by atoms with Crippen molar-refractivity contribution in [2.45, 2.75) is 20.0 Å². The molecule has 0 spiro atoms. The van der Waals surface area contributed by atoms with Crippen molar-refractivity contribution in [3.8, 4) is 5.75 Å². The highest BCUT2D eigenvalue weighted by Crippen LogP contribution is 2.25. The number of esters is 1. The molecular formula is C18H17Cl2NO4. The van der Waals surface area contributed by atoms with Gasteiger partial charge in [-0.05, 0) is 43.7 Å². The number of carbonyl (C=O) groups excluding carboxylic acids is 2. The third kappa shape index (κ3) is 5.66. The second kappa shape index (κ2) is 8.74. The zero-order valence-corrected chi connectivity index (χ0v) is 15.2. The summed E-state index contributed by atoms with van der Waals surface area (Å²) < 4.78 is 10.5. The summed E-state index contributed by atoms with van der Waals surface area (Å²) in [5.41, 5.74) is 1.25. The van der Waals surface area contributed by atoms with E-state index < -0.39 is 18.0 Å². The van der Waals surface area contributed by atoms with Gasteiger partial charge in [0.15, 0.2) is 12.7 Å². The topological polar surface area (TPSA) is 64.6 Å². The van der Waals surface area contributed by atoms with Gasteiger partial charge in [0.05, 0.1) is 10.7 Å². The van der Waals surface area contributed by atoms with E-state index in [1.807, 2.05) is 19.1 Å². The Kier molecular flexibility index (Phi) is 6.67. The number of nitrogens with one attached hydrogen (secondary N) is 1. The third-order valence-corrected chi connectivity index (χ3v) is 3.87. The number of carbonyl (C=O) groups is 2. The van der Waals surface area contributed by atoms with Crippen LogP contribution < -0.4 is 10.1 Å². The first-order chi connectivity index (χ1) is 11.9. The van der Waals surface area contributed by atoms with Gasteiger partial charge >= 0.3 is 5.97 Å². The summed E-state index contributed by atoms with van der Waals surface area (Å²) in [5.74, 6) is -0.584. The van der Waals surface area contributed by atoms with Crippen LogP contribution in [0.15, 0.2) is 42.5 Å². The minimum absolute atomic E-state index is 0.291. The Morgan fingerprint density at radius 1 is 1.16 bits per heavy atom. The number of benzene rings is 2. The van der Waals surface area contributed by atoms with Crippen LogP contribution in [-0.4, -0.2) is 24.6 Å². The lowest BCUT2D eigenvalue weighted by molar-refractivity contribution is -0.155. The molecule has 1 N–H and O–H groups in total. The minimum Gasteiger partial charge on any atom is -0.482 e. The highest BCUT2D eigenvalue weighted by Gasteiger charge is 2.19. The maximum Gasteiger partial charge on any atom is 0.344 e. The molecule has 0 aliphatic heterocycles. The summed E-state index contributed by atoms with van der Waals surface area (Å²) in [4.78, 5) is 24.0. The van der Waals surface area contributed by atoms with Crippen molar-refractivity contribution in [1.82, 2.24) is 0 Å². The predicted molar refractivity (Wildman–Crippen MR) is 97.3 cm³/mol. The monoisotopic (exact) mass is 381 g/mol. The van der Waals surface area contributed by atoms with E-state index in [9.17, 15) is 9.59 Å². The number of amides is 1. The molecule has 0 heterocycles. The highest BCUT2D eigenvalue weighted by molar-refractivity contribution is 6.35.